The van der Waals surface area contributed by atoms with Gasteiger partial charge in [-0.3, -0.25) is 4.79 Å². The third kappa shape index (κ3) is 3.07. The van der Waals surface area contributed by atoms with E-state index in [0.29, 0.717) is 23.8 Å². The van der Waals surface area contributed by atoms with Gasteiger partial charge < -0.3 is 10.6 Å². The highest BCUT2D eigenvalue weighted by Gasteiger charge is 2.21. The van der Waals surface area contributed by atoms with Crippen molar-refractivity contribution in [2.24, 2.45) is 0 Å². The van der Waals surface area contributed by atoms with Crippen LogP contribution in [-0.4, -0.2) is 18.5 Å². The summed E-state index contributed by atoms with van der Waals surface area (Å²) in [5.41, 5.74) is 1.22. The topological polar surface area (TPSA) is 64.9 Å². The zero-order valence-corrected chi connectivity index (χ0v) is 8.86. The predicted molar refractivity (Wildman–Crippen MR) is 60.8 cm³/mol. The van der Waals surface area contributed by atoms with Gasteiger partial charge in [-0.15, -0.1) is 0 Å². The van der Waals surface area contributed by atoms with Crippen LogP contribution < -0.4 is 10.6 Å². The van der Waals surface area contributed by atoms with Crippen LogP contribution in [0, 0.1) is 11.3 Å². The summed E-state index contributed by atoms with van der Waals surface area (Å²) in [5, 5.41) is 14.6. The Labute approximate surface area is 94.3 Å². The first-order chi connectivity index (χ1) is 7.78. The molecule has 0 saturated heterocycles. The Kier molecular flexibility index (Phi) is 3.18. The van der Waals surface area contributed by atoms with E-state index >= 15 is 0 Å². The second kappa shape index (κ2) is 4.77. The molecule has 0 spiro atoms. The lowest BCUT2D eigenvalue weighted by atomic mass is 10.2. The Bertz CT molecular complexity index is 432. The van der Waals surface area contributed by atoms with Crippen LogP contribution in [0.25, 0.3) is 0 Å². The van der Waals surface area contributed by atoms with E-state index < -0.39 is 0 Å². The first kappa shape index (κ1) is 10.7. The zero-order valence-electron chi connectivity index (χ0n) is 8.86. The lowest BCUT2D eigenvalue weighted by Gasteiger charge is -2.05. The fraction of sp³-hybridized carbons (Fsp3) is 0.333. The summed E-state index contributed by atoms with van der Waals surface area (Å²) in [7, 11) is 0. The molecule has 0 aliphatic heterocycles. The van der Waals surface area contributed by atoms with Crippen molar-refractivity contribution >= 4 is 11.6 Å². The Balaban J connectivity index is 1.86. The number of carbonyl (C=O) groups is 1. The van der Waals surface area contributed by atoms with Crippen molar-refractivity contribution in [1.82, 2.24) is 5.32 Å². The lowest BCUT2D eigenvalue weighted by Crippen LogP contribution is -2.29. The van der Waals surface area contributed by atoms with Gasteiger partial charge in [0.05, 0.1) is 18.2 Å². The molecule has 1 saturated carbocycles. The summed E-state index contributed by atoms with van der Waals surface area (Å²) < 4.78 is 0. The number of hydrogen-bond donors (Lipinski definition) is 2. The van der Waals surface area contributed by atoms with Gasteiger partial charge in [0, 0.05) is 11.7 Å². The third-order valence-corrected chi connectivity index (χ3v) is 2.40. The molecule has 0 aromatic heterocycles. The lowest BCUT2D eigenvalue weighted by molar-refractivity contribution is -0.115. The molecule has 1 aliphatic carbocycles. The average Bonchev–Trinajstić information content (AvgIpc) is 3.10. The molecule has 0 heterocycles. The van der Waals surface area contributed by atoms with Gasteiger partial charge in [-0.05, 0) is 31.0 Å². The molecular weight excluding hydrogens is 202 g/mol. The predicted octanol–water partition coefficient (Wildman–Crippen LogP) is 1.25. The second-order valence-corrected chi connectivity index (χ2v) is 3.90. The molecule has 0 radical (unpaired) electrons. The minimum Gasteiger partial charge on any atom is -0.325 e. The van der Waals surface area contributed by atoms with Crippen LogP contribution in [-0.2, 0) is 4.79 Å². The number of hydrogen-bond acceptors (Lipinski definition) is 3. The molecule has 1 aliphatic rings. The molecule has 1 aromatic rings. The van der Waals surface area contributed by atoms with Crippen molar-refractivity contribution in [3.05, 3.63) is 29.8 Å². The van der Waals surface area contributed by atoms with Crippen molar-refractivity contribution in [1.29, 1.82) is 5.26 Å². The molecule has 2 rings (SSSR count). The number of nitriles is 1. The number of nitrogens with zero attached hydrogens (tertiary/aromatic N) is 1. The Morgan fingerprint density at radius 2 is 2.31 bits per heavy atom. The minimum absolute atomic E-state index is 0.0676. The van der Waals surface area contributed by atoms with E-state index in [4.69, 9.17) is 5.26 Å². The molecule has 1 aromatic carbocycles. The van der Waals surface area contributed by atoms with E-state index in [9.17, 15) is 4.79 Å². The summed E-state index contributed by atoms with van der Waals surface area (Å²) in [4.78, 5) is 11.5. The third-order valence-electron chi connectivity index (χ3n) is 2.40. The molecular formula is C12H13N3O. The molecule has 0 atom stereocenters. The number of benzene rings is 1. The van der Waals surface area contributed by atoms with Crippen molar-refractivity contribution in [2.45, 2.75) is 18.9 Å². The number of rotatable bonds is 4. The van der Waals surface area contributed by atoms with Gasteiger partial charge in [0.1, 0.15) is 0 Å². The fourth-order valence-electron chi connectivity index (χ4n) is 1.40. The van der Waals surface area contributed by atoms with Gasteiger partial charge >= 0.3 is 0 Å². The van der Waals surface area contributed by atoms with Crippen LogP contribution in [0.1, 0.15) is 18.4 Å². The van der Waals surface area contributed by atoms with Gasteiger partial charge in [0.15, 0.2) is 0 Å². The highest BCUT2D eigenvalue weighted by atomic mass is 16.1. The van der Waals surface area contributed by atoms with E-state index in [1.807, 2.05) is 6.07 Å². The first-order valence-corrected chi connectivity index (χ1v) is 5.31. The van der Waals surface area contributed by atoms with E-state index in [2.05, 4.69) is 10.6 Å². The molecule has 2 N–H and O–H groups in total. The number of anilines is 1. The summed E-state index contributed by atoms with van der Waals surface area (Å²) >= 11 is 0. The summed E-state index contributed by atoms with van der Waals surface area (Å²) in [6, 6.07) is 9.45. The molecule has 4 heteroatoms. The van der Waals surface area contributed by atoms with Gasteiger partial charge in [0.2, 0.25) is 5.91 Å². The van der Waals surface area contributed by atoms with Crippen molar-refractivity contribution < 1.29 is 4.79 Å². The zero-order chi connectivity index (χ0) is 11.4. The molecule has 4 nitrogen and oxygen atoms in total. The number of nitrogens with one attached hydrogen (secondary N) is 2. The van der Waals surface area contributed by atoms with Gasteiger partial charge in [-0.1, -0.05) is 6.07 Å². The highest BCUT2D eigenvalue weighted by molar-refractivity contribution is 5.92. The molecule has 1 amide bonds. The summed E-state index contributed by atoms with van der Waals surface area (Å²) in [5.74, 6) is -0.0676. The highest BCUT2D eigenvalue weighted by Crippen LogP contribution is 2.18. The maximum Gasteiger partial charge on any atom is 0.238 e. The van der Waals surface area contributed by atoms with Crippen LogP contribution in [0.2, 0.25) is 0 Å². The smallest absolute Gasteiger partial charge is 0.238 e. The van der Waals surface area contributed by atoms with E-state index in [0.717, 1.165) is 12.8 Å². The van der Waals surface area contributed by atoms with Crippen LogP contribution in [0.5, 0.6) is 0 Å². The summed E-state index contributed by atoms with van der Waals surface area (Å²) in [6.07, 6.45) is 2.33. The Morgan fingerprint density at radius 1 is 1.50 bits per heavy atom. The monoisotopic (exact) mass is 215 g/mol. The largest absolute Gasteiger partial charge is 0.325 e. The van der Waals surface area contributed by atoms with Crippen molar-refractivity contribution in [2.75, 3.05) is 11.9 Å². The molecule has 1 fully saturated rings. The van der Waals surface area contributed by atoms with Gasteiger partial charge in [-0.2, -0.15) is 5.26 Å². The van der Waals surface area contributed by atoms with Gasteiger partial charge in [0.25, 0.3) is 0 Å². The van der Waals surface area contributed by atoms with Crippen LogP contribution in [0.15, 0.2) is 24.3 Å². The maximum absolute atomic E-state index is 11.5. The molecule has 82 valence electrons. The quantitative estimate of drug-likeness (QED) is 0.794. The standard InChI is InChI=1S/C12H13N3O/c13-7-9-2-1-3-11(6-9)15-12(16)8-14-10-4-5-10/h1-3,6,10,14H,4-5,8H2,(H,15,16). The summed E-state index contributed by atoms with van der Waals surface area (Å²) in [6.45, 7) is 0.335. The molecule has 0 bridgehead atoms. The SMILES string of the molecule is N#Cc1cccc(NC(=O)CNC2CC2)c1. The van der Waals surface area contributed by atoms with E-state index in [1.54, 1.807) is 24.3 Å². The number of carbonyl (C=O) groups excluding carboxylic acids is 1. The average molecular weight is 215 g/mol. The normalized spacial score (nSPS) is 14.2. The van der Waals surface area contributed by atoms with Crippen LogP contribution in [0.4, 0.5) is 5.69 Å². The maximum atomic E-state index is 11.5. The number of amides is 1. The van der Waals surface area contributed by atoms with E-state index in [1.165, 1.54) is 0 Å². The van der Waals surface area contributed by atoms with Crippen molar-refractivity contribution in [3.63, 3.8) is 0 Å². The van der Waals surface area contributed by atoms with Crippen LogP contribution >= 0.6 is 0 Å². The second-order valence-electron chi connectivity index (χ2n) is 3.90. The molecule has 16 heavy (non-hydrogen) atoms. The Hall–Kier alpha value is -1.86. The van der Waals surface area contributed by atoms with Crippen LogP contribution in [0.3, 0.4) is 0 Å². The molecule has 0 unspecified atom stereocenters. The van der Waals surface area contributed by atoms with Crippen molar-refractivity contribution in [3.8, 4) is 6.07 Å². The fourth-order valence-corrected chi connectivity index (χ4v) is 1.40. The Morgan fingerprint density at radius 3 is 3.00 bits per heavy atom. The first-order valence-electron chi connectivity index (χ1n) is 5.31. The van der Waals surface area contributed by atoms with E-state index in [-0.39, 0.29) is 5.91 Å². The van der Waals surface area contributed by atoms with Gasteiger partial charge in [-0.25, -0.2) is 0 Å². The minimum atomic E-state index is -0.0676.